The van der Waals surface area contributed by atoms with Crippen molar-refractivity contribution in [3.05, 3.63) is 11.7 Å². The second-order valence-corrected chi connectivity index (χ2v) is 5.60. The second-order valence-electron chi connectivity index (χ2n) is 5.60. The van der Waals surface area contributed by atoms with Gasteiger partial charge in [0, 0.05) is 18.4 Å². The number of rotatable bonds is 4. The molecule has 96 valence electrons. The van der Waals surface area contributed by atoms with E-state index in [4.69, 9.17) is 10.3 Å². The van der Waals surface area contributed by atoms with Crippen LogP contribution in [0.25, 0.3) is 0 Å². The van der Waals surface area contributed by atoms with E-state index in [1.165, 1.54) is 6.42 Å². The highest BCUT2D eigenvalue weighted by atomic mass is 16.5. The van der Waals surface area contributed by atoms with E-state index in [0.29, 0.717) is 17.9 Å². The Labute approximate surface area is 103 Å². The van der Waals surface area contributed by atoms with E-state index in [0.717, 1.165) is 43.8 Å². The molecule has 2 unspecified atom stereocenters. The standard InChI is InChI=1S/C13H23N3O/c1-9(2)6-7-12-15-13(17-16-12)10-4-3-5-11(14)8-10/h9-11H,3-8,14H2,1-2H3. The van der Waals surface area contributed by atoms with Gasteiger partial charge in [0.15, 0.2) is 5.82 Å². The zero-order valence-corrected chi connectivity index (χ0v) is 10.9. The Bertz CT molecular complexity index is 348. The summed E-state index contributed by atoms with van der Waals surface area (Å²) in [5.41, 5.74) is 5.98. The number of nitrogens with zero attached hydrogens (tertiary/aromatic N) is 2. The van der Waals surface area contributed by atoms with Crippen molar-refractivity contribution in [2.75, 3.05) is 0 Å². The molecule has 0 spiro atoms. The van der Waals surface area contributed by atoms with Crippen LogP contribution in [0, 0.1) is 5.92 Å². The summed E-state index contributed by atoms with van der Waals surface area (Å²) in [6, 6.07) is 0.305. The molecule has 2 N–H and O–H groups in total. The maximum absolute atomic E-state index is 5.98. The quantitative estimate of drug-likeness (QED) is 0.874. The molecule has 4 heteroatoms. The fraction of sp³-hybridized carbons (Fsp3) is 0.846. The average molecular weight is 237 g/mol. The Balaban J connectivity index is 1.92. The topological polar surface area (TPSA) is 64.9 Å². The van der Waals surface area contributed by atoms with Crippen LogP contribution in [0.2, 0.25) is 0 Å². The van der Waals surface area contributed by atoms with Gasteiger partial charge in [-0.25, -0.2) is 0 Å². The van der Waals surface area contributed by atoms with Crippen LogP contribution in [-0.4, -0.2) is 16.2 Å². The van der Waals surface area contributed by atoms with Gasteiger partial charge in [0.05, 0.1) is 0 Å². The van der Waals surface area contributed by atoms with Crippen molar-refractivity contribution in [2.24, 2.45) is 11.7 Å². The molecule has 1 aromatic heterocycles. The van der Waals surface area contributed by atoms with Crippen LogP contribution in [0.15, 0.2) is 4.52 Å². The van der Waals surface area contributed by atoms with Crippen molar-refractivity contribution in [2.45, 2.75) is 64.3 Å². The molecule has 1 saturated carbocycles. The minimum Gasteiger partial charge on any atom is -0.339 e. The zero-order chi connectivity index (χ0) is 12.3. The van der Waals surface area contributed by atoms with Gasteiger partial charge in [-0.2, -0.15) is 4.98 Å². The molecule has 2 rings (SSSR count). The molecule has 17 heavy (non-hydrogen) atoms. The fourth-order valence-corrected chi connectivity index (χ4v) is 2.40. The molecule has 0 saturated heterocycles. The maximum Gasteiger partial charge on any atom is 0.229 e. The highest BCUT2D eigenvalue weighted by Gasteiger charge is 2.25. The number of nitrogens with two attached hydrogens (primary N) is 1. The molecule has 0 bridgehead atoms. The first-order chi connectivity index (χ1) is 8.15. The summed E-state index contributed by atoms with van der Waals surface area (Å²) in [5, 5.41) is 4.06. The molecule has 0 amide bonds. The van der Waals surface area contributed by atoms with Crippen molar-refractivity contribution in [3.63, 3.8) is 0 Å². The molecular formula is C13H23N3O. The minimum atomic E-state index is 0.305. The third-order valence-corrected chi connectivity index (χ3v) is 3.49. The Hall–Kier alpha value is -0.900. The van der Waals surface area contributed by atoms with Gasteiger partial charge in [0.1, 0.15) is 0 Å². The second kappa shape index (κ2) is 5.63. The first-order valence-electron chi connectivity index (χ1n) is 6.73. The molecule has 0 aliphatic heterocycles. The average Bonchev–Trinajstić information content (AvgIpc) is 2.75. The smallest absolute Gasteiger partial charge is 0.229 e. The number of aryl methyl sites for hydroxylation is 1. The van der Waals surface area contributed by atoms with Gasteiger partial charge in [0.2, 0.25) is 5.89 Å². The molecule has 4 nitrogen and oxygen atoms in total. The molecule has 1 aliphatic rings. The predicted molar refractivity (Wildman–Crippen MR) is 66.6 cm³/mol. The Morgan fingerprint density at radius 3 is 2.94 bits per heavy atom. The van der Waals surface area contributed by atoms with Crippen LogP contribution in [0.5, 0.6) is 0 Å². The molecule has 0 aromatic carbocycles. The monoisotopic (exact) mass is 237 g/mol. The van der Waals surface area contributed by atoms with Gasteiger partial charge in [-0.05, 0) is 31.6 Å². The number of hydrogen-bond donors (Lipinski definition) is 1. The van der Waals surface area contributed by atoms with E-state index >= 15 is 0 Å². The maximum atomic E-state index is 5.98. The molecule has 1 aromatic rings. The predicted octanol–water partition coefficient (Wildman–Crippen LogP) is 2.64. The molecule has 0 radical (unpaired) electrons. The van der Waals surface area contributed by atoms with Crippen LogP contribution in [0.1, 0.15) is 63.6 Å². The van der Waals surface area contributed by atoms with E-state index < -0.39 is 0 Å². The van der Waals surface area contributed by atoms with Crippen molar-refractivity contribution in [3.8, 4) is 0 Å². The van der Waals surface area contributed by atoms with E-state index in [9.17, 15) is 0 Å². The summed E-state index contributed by atoms with van der Waals surface area (Å²) >= 11 is 0. The van der Waals surface area contributed by atoms with Crippen molar-refractivity contribution < 1.29 is 4.52 Å². The number of hydrogen-bond acceptors (Lipinski definition) is 4. The summed E-state index contributed by atoms with van der Waals surface area (Å²) in [7, 11) is 0. The van der Waals surface area contributed by atoms with Gasteiger partial charge in [0.25, 0.3) is 0 Å². The summed E-state index contributed by atoms with van der Waals surface area (Å²) in [6.07, 6.45) is 6.47. The van der Waals surface area contributed by atoms with Crippen LogP contribution in [0.3, 0.4) is 0 Å². The van der Waals surface area contributed by atoms with E-state index in [1.807, 2.05) is 0 Å². The Morgan fingerprint density at radius 1 is 1.41 bits per heavy atom. The fourth-order valence-electron chi connectivity index (χ4n) is 2.40. The van der Waals surface area contributed by atoms with Crippen molar-refractivity contribution in [1.82, 2.24) is 10.1 Å². The highest BCUT2D eigenvalue weighted by Crippen LogP contribution is 2.31. The van der Waals surface area contributed by atoms with Gasteiger partial charge in [-0.15, -0.1) is 0 Å². The van der Waals surface area contributed by atoms with Crippen LogP contribution in [0.4, 0.5) is 0 Å². The zero-order valence-electron chi connectivity index (χ0n) is 10.9. The third kappa shape index (κ3) is 3.53. The lowest BCUT2D eigenvalue weighted by Crippen LogP contribution is -2.26. The normalized spacial score (nSPS) is 25.4. The van der Waals surface area contributed by atoms with Gasteiger partial charge in [-0.3, -0.25) is 0 Å². The summed E-state index contributed by atoms with van der Waals surface area (Å²) in [4.78, 5) is 4.51. The largest absolute Gasteiger partial charge is 0.339 e. The van der Waals surface area contributed by atoms with Crippen molar-refractivity contribution >= 4 is 0 Å². The van der Waals surface area contributed by atoms with E-state index in [-0.39, 0.29) is 0 Å². The van der Waals surface area contributed by atoms with E-state index in [2.05, 4.69) is 24.0 Å². The lowest BCUT2D eigenvalue weighted by atomic mass is 9.86. The SMILES string of the molecule is CC(C)CCc1noc(C2CCCC(N)C2)n1. The first kappa shape index (κ1) is 12.6. The van der Waals surface area contributed by atoms with Crippen molar-refractivity contribution in [1.29, 1.82) is 0 Å². The van der Waals surface area contributed by atoms with Gasteiger partial charge in [-0.1, -0.05) is 25.4 Å². The Kier molecular flexibility index (Phi) is 4.15. The van der Waals surface area contributed by atoms with Crippen LogP contribution < -0.4 is 5.73 Å². The molecule has 1 fully saturated rings. The highest BCUT2D eigenvalue weighted by molar-refractivity contribution is 4.97. The lowest BCUT2D eigenvalue weighted by Gasteiger charge is -2.23. The van der Waals surface area contributed by atoms with Gasteiger partial charge < -0.3 is 10.3 Å². The summed E-state index contributed by atoms with van der Waals surface area (Å²) < 4.78 is 5.37. The number of aromatic nitrogens is 2. The molecule has 1 aliphatic carbocycles. The van der Waals surface area contributed by atoms with E-state index in [1.54, 1.807) is 0 Å². The van der Waals surface area contributed by atoms with Crippen LogP contribution >= 0.6 is 0 Å². The minimum absolute atomic E-state index is 0.305. The molecule has 1 heterocycles. The van der Waals surface area contributed by atoms with Crippen LogP contribution in [-0.2, 0) is 6.42 Å². The first-order valence-corrected chi connectivity index (χ1v) is 6.73. The molecule has 2 atom stereocenters. The lowest BCUT2D eigenvalue weighted by molar-refractivity contribution is 0.297. The van der Waals surface area contributed by atoms with Gasteiger partial charge >= 0.3 is 0 Å². The summed E-state index contributed by atoms with van der Waals surface area (Å²) in [5.74, 6) is 2.73. The Morgan fingerprint density at radius 2 is 2.24 bits per heavy atom. The summed E-state index contributed by atoms with van der Waals surface area (Å²) in [6.45, 7) is 4.42. The third-order valence-electron chi connectivity index (χ3n) is 3.49. The molecular weight excluding hydrogens is 214 g/mol.